The van der Waals surface area contributed by atoms with Crippen LogP contribution >= 0.6 is 31.9 Å². The van der Waals surface area contributed by atoms with Gasteiger partial charge >= 0.3 is 0 Å². The normalized spacial score (nSPS) is 12.2. The second-order valence-corrected chi connectivity index (χ2v) is 6.42. The molecule has 1 unspecified atom stereocenters. The molecule has 0 aliphatic heterocycles. The van der Waals surface area contributed by atoms with Crippen LogP contribution in [0.15, 0.2) is 45.3 Å². The summed E-state index contributed by atoms with van der Waals surface area (Å²) in [7, 11) is 1.46. The van der Waals surface area contributed by atoms with Gasteiger partial charge in [-0.1, -0.05) is 44.8 Å². The fraction of sp³-hybridized carbons (Fsp3) is 0.250. The van der Waals surface area contributed by atoms with Crippen molar-refractivity contribution < 1.29 is 9.13 Å². The van der Waals surface area contributed by atoms with Gasteiger partial charge in [0, 0.05) is 8.95 Å². The van der Waals surface area contributed by atoms with Crippen molar-refractivity contribution in [3.63, 3.8) is 0 Å². The van der Waals surface area contributed by atoms with Gasteiger partial charge in [0.05, 0.1) is 13.2 Å². The molecule has 0 aliphatic carbocycles. The molecule has 2 nitrogen and oxygen atoms in total. The highest BCUT2D eigenvalue weighted by Crippen LogP contribution is 2.30. The molecule has 1 atom stereocenters. The molecule has 0 bridgehead atoms. The van der Waals surface area contributed by atoms with Crippen LogP contribution in [-0.4, -0.2) is 13.7 Å². The van der Waals surface area contributed by atoms with E-state index in [1.807, 2.05) is 31.2 Å². The number of hydrogen-bond acceptors (Lipinski definition) is 2. The van der Waals surface area contributed by atoms with E-state index in [-0.39, 0.29) is 17.6 Å². The lowest BCUT2D eigenvalue weighted by Gasteiger charge is -2.20. The third-order valence-corrected chi connectivity index (χ3v) is 4.05. The summed E-state index contributed by atoms with van der Waals surface area (Å²) < 4.78 is 20.9. The Morgan fingerprint density at radius 1 is 1.10 bits per heavy atom. The van der Waals surface area contributed by atoms with E-state index in [9.17, 15) is 4.39 Å². The topological polar surface area (TPSA) is 21.3 Å². The standard InChI is InChI=1S/C16H16Br2FNO/c1-3-20-16(11-6-12(17)9-13(18)7-11)10-4-5-15(21-2)14(19)8-10/h4-9,16,20H,3H2,1-2H3. The van der Waals surface area contributed by atoms with E-state index in [0.717, 1.165) is 26.6 Å². The summed E-state index contributed by atoms with van der Waals surface area (Å²) >= 11 is 6.98. The van der Waals surface area contributed by atoms with Gasteiger partial charge in [-0.05, 0) is 48.0 Å². The zero-order chi connectivity index (χ0) is 15.4. The Balaban J connectivity index is 2.45. The van der Waals surface area contributed by atoms with Gasteiger partial charge < -0.3 is 10.1 Å². The van der Waals surface area contributed by atoms with E-state index < -0.39 is 0 Å². The van der Waals surface area contributed by atoms with Gasteiger partial charge in [0.15, 0.2) is 11.6 Å². The van der Waals surface area contributed by atoms with Crippen LogP contribution in [0.4, 0.5) is 4.39 Å². The summed E-state index contributed by atoms with van der Waals surface area (Å²) in [5.74, 6) is -0.101. The molecule has 0 amide bonds. The minimum atomic E-state index is -0.355. The van der Waals surface area contributed by atoms with Crippen molar-refractivity contribution in [1.29, 1.82) is 0 Å². The van der Waals surface area contributed by atoms with Gasteiger partial charge in [0.1, 0.15) is 0 Å². The fourth-order valence-corrected chi connectivity index (χ4v) is 3.57. The molecule has 5 heteroatoms. The smallest absolute Gasteiger partial charge is 0.165 e. The average Bonchev–Trinajstić information content (AvgIpc) is 2.43. The maximum atomic E-state index is 14.0. The molecule has 0 heterocycles. The minimum absolute atomic E-state index is 0.0794. The van der Waals surface area contributed by atoms with E-state index in [2.05, 4.69) is 37.2 Å². The lowest BCUT2D eigenvalue weighted by atomic mass is 9.98. The van der Waals surface area contributed by atoms with Gasteiger partial charge in [0.2, 0.25) is 0 Å². The Kier molecular flexibility index (Phi) is 5.79. The van der Waals surface area contributed by atoms with Crippen LogP contribution in [0, 0.1) is 5.82 Å². The van der Waals surface area contributed by atoms with Gasteiger partial charge in [0.25, 0.3) is 0 Å². The molecule has 112 valence electrons. The number of nitrogens with one attached hydrogen (secondary N) is 1. The van der Waals surface area contributed by atoms with Crippen molar-refractivity contribution in [2.45, 2.75) is 13.0 Å². The van der Waals surface area contributed by atoms with Crippen molar-refractivity contribution in [3.8, 4) is 5.75 Å². The number of rotatable bonds is 5. The Morgan fingerprint density at radius 2 is 1.76 bits per heavy atom. The van der Waals surface area contributed by atoms with E-state index in [1.165, 1.54) is 13.2 Å². The molecule has 2 aromatic carbocycles. The molecule has 0 saturated carbocycles. The molecule has 2 aromatic rings. The van der Waals surface area contributed by atoms with Crippen molar-refractivity contribution in [3.05, 3.63) is 62.3 Å². The van der Waals surface area contributed by atoms with Crippen LogP contribution in [-0.2, 0) is 0 Å². The molecule has 0 spiro atoms. The van der Waals surface area contributed by atoms with E-state index >= 15 is 0 Å². The Bertz CT molecular complexity index is 613. The van der Waals surface area contributed by atoms with Crippen molar-refractivity contribution in [2.24, 2.45) is 0 Å². The Hall–Kier alpha value is -0.910. The number of halogens is 3. The molecule has 21 heavy (non-hydrogen) atoms. The summed E-state index contributed by atoms with van der Waals surface area (Å²) in [4.78, 5) is 0. The lowest BCUT2D eigenvalue weighted by Crippen LogP contribution is -2.22. The average molecular weight is 417 g/mol. The van der Waals surface area contributed by atoms with E-state index in [0.29, 0.717) is 0 Å². The van der Waals surface area contributed by atoms with E-state index in [4.69, 9.17) is 4.74 Å². The van der Waals surface area contributed by atoms with Gasteiger partial charge in [-0.2, -0.15) is 0 Å². The lowest BCUT2D eigenvalue weighted by molar-refractivity contribution is 0.385. The van der Waals surface area contributed by atoms with Gasteiger partial charge in [-0.25, -0.2) is 4.39 Å². The summed E-state index contributed by atoms with van der Waals surface area (Å²) in [6, 6.07) is 11.0. The zero-order valence-corrected chi connectivity index (χ0v) is 15.0. The Morgan fingerprint density at radius 3 is 2.29 bits per heavy atom. The first-order valence-electron chi connectivity index (χ1n) is 6.58. The van der Waals surface area contributed by atoms with Crippen LogP contribution in [0.5, 0.6) is 5.75 Å². The maximum Gasteiger partial charge on any atom is 0.165 e. The summed E-state index contributed by atoms with van der Waals surface area (Å²) in [5.41, 5.74) is 1.92. The summed E-state index contributed by atoms with van der Waals surface area (Å²) in [6.07, 6.45) is 0. The first-order valence-corrected chi connectivity index (χ1v) is 8.16. The highest BCUT2D eigenvalue weighted by atomic mass is 79.9. The Labute approximate surface area is 141 Å². The first kappa shape index (κ1) is 16.5. The minimum Gasteiger partial charge on any atom is -0.494 e. The number of ether oxygens (including phenoxy) is 1. The highest BCUT2D eigenvalue weighted by Gasteiger charge is 2.16. The van der Waals surface area contributed by atoms with Crippen molar-refractivity contribution in [1.82, 2.24) is 5.32 Å². The summed E-state index contributed by atoms with van der Waals surface area (Å²) in [5, 5.41) is 3.39. The monoisotopic (exact) mass is 415 g/mol. The molecule has 1 N–H and O–H groups in total. The maximum absolute atomic E-state index is 14.0. The fourth-order valence-electron chi connectivity index (χ4n) is 2.24. The van der Waals surface area contributed by atoms with Crippen LogP contribution in [0.1, 0.15) is 24.1 Å². The second kappa shape index (κ2) is 7.38. The molecule has 0 aromatic heterocycles. The molecule has 0 fully saturated rings. The first-order chi connectivity index (χ1) is 10.0. The predicted molar refractivity (Wildman–Crippen MR) is 90.3 cm³/mol. The molecule has 0 radical (unpaired) electrons. The largest absolute Gasteiger partial charge is 0.494 e. The van der Waals surface area contributed by atoms with Crippen LogP contribution in [0.3, 0.4) is 0 Å². The number of benzene rings is 2. The van der Waals surface area contributed by atoms with Gasteiger partial charge in [-0.3, -0.25) is 0 Å². The van der Waals surface area contributed by atoms with Crippen LogP contribution < -0.4 is 10.1 Å². The quantitative estimate of drug-likeness (QED) is 0.735. The highest BCUT2D eigenvalue weighted by molar-refractivity contribution is 9.11. The predicted octanol–water partition coefficient (Wildman–Crippen LogP) is 5.06. The third-order valence-electron chi connectivity index (χ3n) is 3.14. The van der Waals surface area contributed by atoms with Crippen molar-refractivity contribution in [2.75, 3.05) is 13.7 Å². The van der Waals surface area contributed by atoms with Crippen LogP contribution in [0.2, 0.25) is 0 Å². The number of hydrogen-bond donors (Lipinski definition) is 1. The molecular weight excluding hydrogens is 401 g/mol. The number of methoxy groups -OCH3 is 1. The summed E-state index contributed by atoms with van der Waals surface area (Å²) in [6.45, 7) is 2.81. The third kappa shape index (κ3) is 4.05. The SMILES string of the molecule is CCNC(c1cc(Br)cc(Br)c1)c1ccc(OC)c(F)c1. The van der Waals surface area contributed by atoms with Gasteiger partial charge in [-0.15, -0.1) is 0 Å². The molecule has 0 saturated heterocycles. The molecule has 0 aliphatic rings. The van der Waals surface area contributed by atoms with Crippen molar-refractivity contribution >= 4 is 31.9 Å². The van der Waals surface area contributed by atoms with E-state index in [1.54, 1.807) is 6.07 Å². The van der Waals surface area contributed by atoms with Crippen LogP contribution in [0.25, 0.3) is 0 Å². The molecule has 2 rings (SSSR count). The molecular formula is C16H16Br2FNO. The zero-order valence-electron chi connectivity index (χ0n) is 11.8. The second-order valence-electron chi connectivity index (χ2n) is 4.59.